The van der Waals surface area contributed by atoms with Gasteiger partial charge in [-0.2, -0.15) is 0 Å². The Morgan fingerprint density at radius 3 is 2.75 bits per heavy atom. The molecule has 20 heavy (non-hydrogen) atoms. The maximum Gasteiger partial charge on any atom is 0.154 e. The van der Waals surface area contributed by atoms with Crippen molar-refractivity contribution in [3.63, 3.8) is 0 Å². The largest absolute Gasteiger partial charge is 0.396 e. The van der Waals surface area contributed by atoms with Gasteiger partial charge in [0.05, 0.1) is 24.4 Å². The molecule has 0 spiro atoms. The van der Waals surface area contributed by atoms with E-state index in [1.807, 2.05) is 17.0 Å². The predicted octanol–water partition coefficient (Wildman–Crippen LogP) is 0.196. The molecule has 1 aromatic rings. The summed E-state index contributed by atoms with van der Waals surface area (Å²) in [5.74, 6) is 1.62. The number of aliphatic hydroxyl groups is 2. The smallest absolute Gasteiger partial charge is 0.154 e. The van der Waals surface area contributed by atoms with E-state index < -0.39 is 6.10 Å². The zero-order chi connectivity index (χ0) is 14.1. The summed E-state index contributed by atoms with van der Waals surface area (Å²) in [6, 6.07) is 3.68. The number of nitrogens with zero attached hydrogens (tertiary/aromatic N) is 3. The third kappa shape index (κ3) is 2.41. The number of nitrogen functional groups attached to an aromatic ring is 1. The normalized spacial score (nSPS) is 26.5. The maximum absolute atomic E-state index is 9.78. The fraction of sp³-hybridized carbons (Fsp3) is 0.643. The van der Waals surface area contributed by atoms with Crippen molar-refractivity contribution in [2.24, 2.45) is 0 Å². The van der Waals surface area contributed by atoms with Gasteiger partial charge in [0, 0.05) is 19.6 Å². The van der Waals surface area contributed by atoms with E-state index in [9.17, 15) is 10.2 Å². The lowest BCUT2D eigenvalue weighted by molar-refractivity contribution is 0.184. The molecule has 4 N–H and O–H groups in total. The number of aromatic nitrogens is 1. The highest BCUT2D eigenvalue weighted by molar-refractivity contribution is 5.66. The van der Waals surface area contributed by atoms with Gasteiger partial charge in [-0.05, 0) is 31.4 Å². The Labute approximate surface area is 118 Å². The first kappa shape index (κ1) is 13.5. The monoisotopic (exact) mass is 278 g/mol. The van der Waals surface area contributed by atoms with E-state index in [1.165, 1.54) is 12.8 Å². The molecule has 2 fully saturated rings. The number of pyridine rings is 1. The van der Waals surface area contributed by atoms with E-state index in [-0.39, 0.29) is 12.6 Å². The SMILES string of the molecule is Nc1ccc(N2CC(O)CC2CO)nc1N1CCCC1. The molecule has 2 saturated heterocycles. The maximum atomic E-state index is 9.78. The van der Waals surface area contributed by atoms with Gasteiger partial charge in [0.2, 0.25) is 0 Å². The molecule has 0 aliphatic carbocycles. The third-order valence-corrected chi connectivity index (χ3v) is 4.19. The van der Waals surface area contributed by atoms with Gasteiger partial charge >= 0.3 is 0 Å². The molecule has 2 atom stereocenters. The summed E-state index contributed by atoms with van der Waals surface area (Å²) in [5.41, 5.74) is 6.73. The minimum Gasteiger partial charge on any atom is -0.396 e. The van der Waals surface area contributed by atoms with Crippen molar-refractivity contribution in [2.45, 2.75) is 31.4 Å². The van der Waals surface area contributed by atoms with Crippen LogP contribution < -0.4 is 15.5 Å². The Morgan fingerprint density at radius 1 is 1.30 bits per heavy atom. The molecule has 0 saturated carbocycles. The molecular weight excluding hydrogens is 256 g/mol. The summed E-state index contributed by atoms with van der Waals surface area (Å²) in [5, 5.41) is 19.2. The van der Waals surface area contributed by atoms with E-state index in [0.29, 0.717) is 18.7 Å². The molecular formula is C14H22N4O2. The van der Waals surface area contributed by atoms with Gasteiger partial charge in [-0.3, -0.25) is 0 Å². The van der Waals surface area contributed by atoms with Gasteiger partial charge in [0.25, 0.3) is 0 Å². The average molecular weight is 278 g/mol. The third-order valence-electron chi connectivity index (χ3n) is 4.19. The van der Waals surface area contributed by atoms with Gasteiger partial charge in [-0.25, -0.2) is 4.98 Å². The van der Waals surface area contributed by atoms with E-state index in [1.54, 1.807) is 0 Å². The lowest BCUT2D eigenvalue weighted by Crippen LogP contribution is -2.33. The van der Waals surface area contributed by atoms with Crippen LogP contribution in [-0.4, -0.2) is 53.6 Å². The zero-order valence-electron chi connectivity index (χ0n) is 11.6. The minimum absolute atomic E-state index is 0.0299. The van der Waals surface area contributed by atoms with Crippen LogP contribution in [0.4, 0.5) is 17.3 Å². The van der Waals surface area contributed by atoms with Crippen LogP contribution in [0.15, 0.2) is 12.1 Å². The molecule has 3 rings (SSSR count). The molecule has 3 heterocycles. The number of aliphatic hydroxyl groups excluding tert-OH is 2. The molecule has 0 aromatic carbocycles. The predicted molar refractivity (Wildman–Crippen MR) is 78.9 cm³/mol. The number of hydrogen-bond donors (Lipinski definition) is 3. The summed E-state index contributed by atoms with van der Waals surface area (Å²) >= 11 is 0. The minimum atomic E-state index is -0.401. The topological polar surface area (TPSA) is 85.8 Å². The Balaban J connectivity index is 1.88. The second-order valence-corrected chi connectivity index (χ2v) is 5.65. The van der Waals surface area contributed by atoms with Crippen LogP contribution in [0.1, 0.15) is 19.3 Å². The second kappa shape index (κ2) is 5.46. The van der Waals surface area contributed by atoms with Crippen LogP contribution in [0.3, 0.4) is 0 Å². The standard InChI is InChI=1S/C14H22N4O2/c15-12-3-4-13(16-14(12)17-5-1-2-6-17)18-8-11(20)7-10(18)9-19/h3-4,10-11,19-20H,1-2,5-9,15H2. The number of nitrogens with two attached hydrogens (primary N) is 1. The van der Waals surface area contributed by atoms with E-state index in [0.717, 1.165) is 24.7 Å². The average Bonchev–Trinajstić information content (AvgIpc) is 3.08. The zero-order valence-corrected chi connectivity index (χ0v) is 11.6. The molecule has 0 radical (unpaired) electrons. The molecule has 110 valence electrons. The van der Waals surface area contributed by atoms with Crippen LogP contribution in [0.2, 0.25) is 0 Å². The van der Waals surface area contributed by atoms with E-state index in [4.69, 9.17) is 5.73 Å². The highest BCUT2D eigenvalue weighted by Gasteiger charge is 2.31. The molecule has 0 bridgehead atoms. The van der Waals surface area contributed by atoms with Gasteiger partial charge in [0.15, 0.2) is 5.82 Å². The van der Waals surface area contributed by atoms with Crippen LogP contribution in [0.5, 0.6) is 0 Å². The van der Waals surface area contributed by atoms with Crippen LogP contribution in [0, 0.1) is 0 Å². The lowest BCUT2D eigenvalue weighted by Gasteiger charge is -2.26. The summed E-state index contributed by atoms with van der Waals surface area (Å²) in [6.45, 7) is 2.53. The van der Waals surface area contributed by atoms with Crippen molar-refractivity contribution in [3.8, 4) is 0 Å². The Morgan fingerprint density at radius 2 is 2.05 bits per heavy atom. The number of rotatable bonds is 3. The molecule has 1 aromatic heterocycles. The summed E-state index contributed by atoms with van der Waals surface area (Å²) in [4.78, 5) is 8.86. The molecule has 6 nitrogen and oxygen atoms in total. The van der Waals surface area contributed by atoms with Gasteiger partial charge < -0.3 is 25.7 Å². The highest BCUT2D eigenvalue weighted by Crippen LogP contribution is 2.30. The van der Waals surface area contributed by atoms with Crippen molar-refractivity contribution in [1.82, 2.24) is 4.98 Å². The number of hydrogen-bond acceptors (Lipinski definition) is 6. The molecule has 6 heteroatoms. The van der Waals surface area contributed by atoms with Crippen LogP contribution >= 0.6 is 0 Å². The Kier molecular flexibility index (Phi) is 3.67. The van der Waals surface area contributed by atoms with E-state index >= 15 is 0 Å². The number of anilines is 3. The Hall–Kier alpha value is -1.53. The highest BCUT2D eigenvalue weighted by atomic mass is 16.3. The lowest BCUT2D eigenvalue weighted by atomic mass is 10.2. The quantitative estimate of drug-likeness (QED) is 0.732. The van der Waals surface area contributed by atoms with E-state index in [2.05, 4.69) is 9.88 Å². The Bertz CT molecular complexity index is 476. The molecule has 0 amide bonds. The van der Waals surface area contributed by atoms with Crippen LogP contribution in [-0.2, 0) is 0 Å². The first-order chi connectivity index (χ1) is 9.69. The summed E-state index contributed by atoms with van der Waals surface area (Å²) < 4.78 is 0. The summed E-state index contributed by atoms with van der Waals surface area (Å²) in [6.07, 6.45) is 2.53. The van der Waals surface area contributed by atoms with Crippen molar-refractivity contribution >= 4 is 17.3 Å². The first-order valence-corrected chi connectivity index (χ1v) is 7.26. The van der Waals surface area contributed by atoms with Crippen molar-refractivity contribution in [1.29, 1.82) is 0 Å². The van der Waals surface area contributed by atoms with Gasteiger partial charge in [0.1, 0.15) is 5.82 Å². The fourth-order valence-electron chi connectivity index (χ4n) is 3.14. The summed E-state index contributed by atoms with van der Waals surface area (Å²) in [7, 11) is 0. The van der Waals surface area contributed by atoms with Crippen molar-refractivity contribution < 1.29 is 10.2 Å². The molecule has 2 unspecified atom stereocenters. The first-order valence-electron chi connectivity index (χ1n) is 7.26. The molecule has 2 aliphatic rings. The fourth-order valence-corrected chi connectivity index (χ4v) is 3.14. The number of β-amino-alcohol motifs (C(OH)–C–C–N with tert-alkyl or cyclic N) is 1. The van der Waals surface area contributed by atoms with Crippen LogP contribution in [0.25, 0.3) is 0 Å². The van der Waals surface area contributed by atoms with Gasteiger partial charge in [-0.15, -0.1) is 0 Å². The van der Waals surface area contributed by atoms with Crippen molar-refractivity contribution in [2.75, 3.05) is 41.8 Å². The van der Waals surface area contributed by atoms with Crippen molar-refractivity contribution in [3.05, 3.63) is 12.1 Å². The second-order valence-electron chi connectivity index (χ2n) is 5.65. The van der Waals surface area contributed by atoms with Gasteiger partial charge in [-0.1, -0.05) is 0 Å². The molecule has 2 aliphatic heterocycles.